The highest BCUT2D eigenvalue weighted by molar-refractivity contribution is 6.31. The van der Waals surface area contributed by atoms with E-state index >= 15 is 0 Å². The van der Waals surface area contributed by atoms with Crippen LogP contribution in [0.2, 0.25) is 5.02 Å². The summed E-state index contributed by atoms with van der Waals surface area (Å²) in [6, 6.07) is 8.73. The quantitative estimate of drug-likeness (QED) is 0.332. The second-order valence-electron chi connectivity index (χ2n) is 8.05. The normalized spacial score (nSPS) is 11.5. The summed E-state index contributed by atoms with van der Waals surface area (Å²) < 4.78 is 56.6. The molecule has 0 bridgehead atoms. The maximum absolute atomic E-state index is 14.0. The number of carbonyl (C=O) groups is 2. The Hall–Kier alpha value is -4.19. The summed E-state index contributed by atoms with van der Waals surface area (Å²) in [6.07, 6.45) is -4.79. The van der Waals surface area contributed by atoms with Crippen molar-refractivity contribution in [2.24, 2.45) is 5.73 Å². The number of nitrogens with one attached hydrogen (secondary N) is 1. The van der Waals surface area contributed by atoms with E-state index in [0.717, 1.165) is 6.07 Å². The van der Waals surface area contributed by atoms with Crippen LogP contribution >= 0.6 is 11.6 Å². The van der Waals surface area contributed by atoms with Gasteiger partial charge in [-0.25, -0.2) is 9.37 Å². The largest absolute Gasteiger partial charge is 0.573 e. The molecule has 0 aliphatic rings. The van der Waals surface area contributed by atoms with Gasteiger partial charge in [-0.3, -0.25) is 14.3 Å². The van der Waals surface area contributed by atoms with E-state index in [1.54, 1.807) is 18.5 Å². The van der Waals surface area contributed by atoms with Gasteiger partial charge >= 0.3 is 6.36 Å². The number of anilines is 1. The van der Waals surface area contributed by atoms with E-state index in [1.165, 1.54) is 36.4 Å². The van der Waals surface area contributed by atoms with Gasteiger partial charge in [0.15, 0.2) is 0 Å². The van der Waals surface area contributed by atoms with Gasteiger partial charge in [0.25, 0.3) is 11.8 Å². The molecule has 8 nitrogen and oxygen atoms in total. The Morgan fingerprint density at radius 3 is 2.43 bits per heavy atom. The summed E-state index contributed by atoms with van der Waals surface area (Å²) in [5.74, 6) is -2.67. The number of alkyl halides is 3. The fourth-order valence-corrected chi connectivity index (χ4v) is 3.88. The van der Waals surface area contributed by atoms with Crippen molar-refractivity contribution in [3.63, 3.8) is 0 Å². The third-order valence-electron chi connectivity index (χ3n) is 5.46. The molecule has 2 aromatic heterocycles. The number of hydrogen-bond donors (Lipinski definition) is 2. The van der Waals surface area contributed by atoms with Crippen LogP contribution in [0.15, 0.2) is 42.5 Å². The van der Waals surface area contributed by atoms with Crippen LogP contribution in [0.25, 0.3) is 10.9 Å². The molecule has 0 radical (unpaired) electrons. The van der Waals surface area contributed by atoms with Crippen molar-refractivity contribution in [2.75, 3.05) is 5.32 Å². The van der Waals surface area contributed by atoms with Gasteiger partial charge in [-0.1, -0.05) is 23.7 Å². The number of pyridine rings is 1. The fourth-order valence-electron chi connectivity index (χ4n) is 3.72. The molecule has 0 unspecified atom stereocenters. The molecule has 0 fully saturated rings. The summed E-state index contributed by atoms with van der Waals surface area (Å²) >= 11 is 5.90. The van der Waals surface area contributed by atoms with Crippen LogP contribution in [0.1, 0.15) is 37.8 Å². The van der Waals surface area contributed by atoms with Crippen molar-refractivity contribution in [3.8, 4) is 5.75 Å². The molecule has 2 aromatic carbocycles. The average Bonchev–Trinajstić information content (AvgIpc) is 3.06. The van der Waals surface area contributed by atoms with E-state index in [1.807, 2.05) is 0 Å². The Morgan fingerprint density at radius 2 is 1.81 bits per heavy atom. The number of fused-ring (bicyclic) bond motifs is 1. The van der Waals surface area contributed by atoms with Crippen molar-refractivity contribution in [1.29, 1.82) is 0 Å². The third kappa shape index (κ3) is 5.64. The van der Waals surface area contributed by atoms with Crippen molar-refractivity contribution in [3.05, 3.63) is 81.5 Å². The lowest BCUT2D eigenvalue weighted by molar-refractivity contribution is -0.274. The van der Waals surface area contributed by atoms with E-state index in [-0.39, 0.29) is 39.5 Å². The van der Waals surface area contributed by atoms with E-state index < -0.39 is 24.0 Å². The number of amides is 2. The Bertz CT molecular complexity index is 1530. The van der Waals surface area contributed by atoms with E-state index in [4.69, 9.17) is 17.3 Å². The first kappa shape index (κ1) is 25.9. The second kappa shape index (κ2) is 9.69. The smallest absolute Gasteiger partial charge is 0.406 e. The number of nitrogens with zero attached hydrogens (tertiary/aromatic N) is 3. The topological polar surface area (TPSA) is 112 Å². The number of benzene rings is 2. The minimum absolute atomic E-state index is 0.00694. The molecule has 0 saturated heterocycles. The number of aromatic nitrogens is 3. The summed E-state index contributed by atoms with van der Waals surface area (Å²) in [6.45, 7) is 3.56. The molecule has 0 atom stereocenters. The first-order valence-corrected chi connectivity index (χ1v) is 11.0. The third-order valence-corrected chi connectivity index (χ3v) is 5.75. The zero-order valence-corrected chi connectivity index (χ0v) is 20.0. The Labute approximate surface area is 212 Å². The predicted molar refractivity (Wildman–Crippen MR) is 127 cm³/mol. The zero-order valence-electron chi connectivity index (χ0n) is 19.3. The lowest BCUT2D eigenvalue weighted by Gasteiger charge is -2.11. The summed E-state index contributed by atoms with van der Waals surface area (Å²) in [4.78, 5) is 29.0. The van der Waals surface area contributed by atoms with Gasteiger partial charge in [-0.15, -0.1) is 13.2 Å². The molecule has 4 rings (SSSR count). The van der Waals surface area contributed by atoms with Crippen molar-refractivity contribution >= 4 is 40.0 Å². The van der Waals surface area contributed by atoms with Gasteiger partial charge in [0.2, 0.25) is 0 Å². The molecule has 0 saturated carbocycles. The molecule has 0 aliphatic heterocycles. The van der Waals surface area contributed by atoms with Gasteiger partial charge in [-0.05, 0) is 43.7 Å². The Balaban J connectivity index is 1.62. The average molecular weight is 536 g/mol. The number of aryl methyl sites for hydroxylation is 1. The lowest BCUT2D eigenvalue weighted by atomic mass is 10.1. The van der Waals surface area contributed by atoms with Gasteiger partial charge in [0.05, 0.1) is 39.7 Å². The maximum Gasteiger partial charge on any atom is 0.573 e. The SMILES string of the molecule is Cc1nn(Cc2ccc(OC(F)(F)F)cc2)c(C)c1NC(=O)c1cc(C(N)=O)nc2cc(F)c(Cl)cc12. The van der Waals surface area contributed by atoms with Crippen LogP contribution in [-0.2, 0) is 6.54 Å². The van der Waals surface area contributed by atoms with Crippen LogP contribution < -0.4 is 15.8 Å². The highest BCUT2D eigenvalue weighted by atomic mass is 35.5. The molecule has 3 N–H and O–H groups in total. The van der Waals surface area contributed by atoms with Crippen molar-refractivity contribution < 1.29 is 31.9 Å². The Kier molecular flexibility index (Phi) is 6.78. The van der Waals surface area contributed by atoms with Gasteiger partial charge in [0.1, 0.15) is 17.3 Å². The van der Waals surface area contributed by atoms with Gasteiger partial charge < -0.3 is 15.8 Å². The molecule has 37 heavy (non-hydrogen) atoms. The highest BCUT2D eigenvalue weighted by Crippen LogP contribution is 2.28. The second-order valence-corrected chi connectivity index (χ2v) is 8.46. The number of primary amides is 1. The van der Waals surface area contributed by atoms with Crippen molar-refractivity contribution in [1.82, 2.24) is 14.8 Å². The monoisotopic (exact) mass is 535 g/mol. The number of hydrogen-bond acceptors (Lipinski definition) is 5. The molecule has 0 aliphatic carbocycles. The van der Waals surface area contributed by atoms with Crippen LogP contribution in [0.3, 0.4) is 0 Å². The molecular weight excluding hydrogens is 518 g/mol. The zero-order chi connectivity index (χ0) is 27.1. The standard InChI is InChI=1S/C24H18ClF4N5O3/c1-11-21(12(2)34(33-11)10-13-3-5-14(6-4-13)37-24(27,28)29)32-23(36)16-8-20(22(30)35)31-19-9-18(26)17(25)7-15(16)19/h3-9H,10H2,1-2H3,(H2,30,35)(H,32,36). The number of carbonyl (C=O) groups excluding carboxylic acids is 2. The minimum Gasteiger partial charge on any atom is -0.406 e. The molecule has 4 aromatic rings. The maximum atomic E-state index is 14.0. The molecule has 13 heteroatoms. The van der Waals surface area contributed by atoms with Gasteiger partial charge in [-0.2, -0.15) is 5.10 Å². The van der Waals surface area contributed by atoms with Crippen LogP contribution in [0.4, 0.5) is 23.2 Å². The van der Waals surface area contributed by atoms with E-state index in [9.17, 15) is 27.2 Å². The van der Waals surface area contributed by atoms with Crippen LogP contribution in [0.5, 0.6) is 5.75 Å². The van der Waals surface area contributed by atoms with Crippen LogP contribution in [-0.4, -0.2) is 32.9 Å². The highest BCUT2D eigenvalue weighted by Gasteiger charge is 2.31. The molecule has 192 valence electrons. The summed E-state index contributed by atoms with van der Waals surface area (Å²) in [5, 5.41) is 7.12. The first-order valence-electron chi connectivity index (χ1n) is 10.6. The summed E-state index contributed by atoms with van der Waals surface area (Å²) in [7, 11) is 0. The van der Waals surface area contributed by atoms with Crippen molar-refractivity contribution in [2.45, 2.75) is 26.8 Å². The number of halogens is 5. The number of ether oxygens (including phenoxy) is 1. The van der Waals surface area contributed by atoms with E-state index in [0.29, 0.717) is 22.6 Å². The van der Waals surface area contributed by atoms with Crippen LogP contribution in [0, 0.1) is 19.7 Å². The molecule has 2 heterocycles. The lowest BCUT2D eigenvalue weighted by Crippen LogP contribution is -2.18. The molecular formula is C24H18ClF4N5O3. The minimum atomic E-state index is -4.79. The Morgan fingerprint density at radius 1 is 1.14 bits per heavy atom. The number of rotatable bonds is 6. The first-order chi connectivity index (χ1) is 17.3. The fraction of sp³-hybridized carbons (Fsp3) is 0.167. The predicted octanol–water partition coefficient (Wildman–Crippen LogP) is 5.14. The van der Waals surface area contributed by atoms with Gasteiger partial charge in [0, 0.05) is 11.5 Å². The molecule has 2 amide bonds. The number of nitrogens with two attached hydrogens (primary N) is 1. The molecule has 0 spiro atoms. The summed E-state index contributed by atoms with van der Waals surface area (Å²) in [5.41, 5.74) is 7.13. The van der Waals surface area contributed by atoms with E-state index in [2.05, 4.69) is 20.1 Å².